The smallest absolute Gasteiger partial charge is 0.333 e. The third kappa shape index (κ3) is 6.59. The van der Waals surface area contributed by atoms with Crippen LogP contribution in [0.2, 0.25) is 0 Å². The predicted octanol–water partition coefficient (Wildman–Crippen LogP) is 2.17. The second kappa shape index (κ2) is 7.38. The molecule has 1 aliphatic rings. The summed E-state index contributed by atoms with van der Waals surface area (Å²) in [5, 5.41) is 0. The van der Waals surface area contributed by atoms with Crippen molar-refractivity contribution in [3.05, 3.63) is 12.2 Å². The Morgan fingerprint density at radius 2 is 2.00 bits per heavy atom. The average molecular weight is 298 g/mol. The van der Waals surface area contributed by atoms with Gasteiger partial charge >= 0.3 is 5.97 Å². The van der Waals surface area contributed by atoms with E-state index >= 15 is 0 Å². The van der Waals surface area contributed by atoms with Crippen molar-refractivity contribution in [1.29, 1.82) is 0 Å². The van der Waals surface area contributed by atoms with E-state index in [0.29, 0.717) is 12.2 Å². The zero-order valence-electron chi connectivity index (χ0n) is 13.8. The number of esters is 1. The molecule has 122 valence electrons. The number of rotatable bonds is 7. The molecule has 21 heavy (non-hydrogen) atoms. The normalized spacial score (nSPS) is 28.1. The summed E-state index contributed by atoms with van der Waals surface area (Å²) in [4.78, 5) is 16.5. The van der Waals surface area contributed by atoms with Crippen LogP contribution in [0.25, 0.3) is 0 Å². The molecule has 1 aliphatic carbocycles. The Labute approximate surface area is 128 Å². The molecule has 0 aliphatic heterocycles. The zero-order valence-corrected chi connectivity index (χ0v) is 13.8. The molecule has 2 atom stereocenters. The van der Waals surface area contributed by atoms with Gasteiger partial charge < -0.3 is 10.5 Å². The maximum atomic E-state index is 11.2. The molecule has 5 nitrogen and oxygen atoms in total. The highest BCUT2D eigenvalue weighted by Crippen LogP contribution is 2.45. The fourth-order valence-corrected chi connectivity index (χ4v) is 3.45. The fraction of sp³-hybridized carbons (Fsp3) is 0.812. The minimum Gasteiger partial charge on any atom is -0.460 e. The van der Waals surface area contributed by atoms with Crippen molar-refractivity contribution in [2.45, 2.75) is 53.0 Å². The van der Waals surface area contributed by atoms with E-state index in [-0.39, 0.29) is 29.4 Å². The lowest BCUT2D eigenvalue weighted by Gasteiger charge is -2.45. The maximum absolute atomic E-state index is 11.2. The number of hydrogen-bond donors (Lipinski definition) is 2. The number of nitrogens with one attached hydrogen (secondary N) is 1. The molecule has 0 heterocycles. The molecule has 2 unspecified atom stereocenters. The van der Waals surface area contributed by atoms with Crippen molar-refractivity contribution in [3.63, 3.8) is 0 Å². The summed E-state index contributed by atoms with van der Waals surface area (Å²) in [6.07, 6.45) is 3.19. The second-order valence-electron chi connectivity index (χ2n) is 7.41. The van der Waals surface area contributed by atoms with Gasteiger partial charge in [-0.2, -0.15) is 0 Å². The topological polar surface area (TPSA) is 73.6 Å². The molecule has 5 heteroatoms. The highest BCUT2D eigenvalue weighted by Gasteiger charge is 2.39. The van der Waals surface area contributed by atoms with Crippen LogP contribution in [-0.2, 0) is 14.4 Å². The van der Waals surface area contributed by atoms with E-state index in [4.69, 9.17) is 15.3 Å². The van der Waals surface area contributed by atoms with Crippen LogP contribution in [-0.4, -0.2) is 31.8 Å². The maximum Gasteiger partial charge on any atom is 0.333 e. The fourth-order valence-electron chi connectivity index (χ4n) is 3.45. The number of ether oxygens (including phenoxy) is 1. The van der Waals surface area contributed by atoms with Gasteiger partial charge in [0.2, 0.25) is 0 Å². The van der Waals surface area contributed by atoms with Gasteiger partial charge in [0.1, 0.15) is 13.2 Å². The number of carbonyl (C=O) groups excluding carboxylic acids is 1. The van der Waals surface area contributed by atoms with Crippen LogP contribution < -0.4 is 11.2 Å². The van der Waals surface area contributed by atoms with Crippen molar-refractivity contribution < 1.29 is 14.4 Å². The minimum absolute atomic E-state index is 0.134. The van der Waals surface area contributed by atoms with E-state index in [1.54, 1.807) is 6.92 Å². The first-order valence-electron chi connectivity index (χ1n) is 7.56. The first-order chi connectivity index (χ1) is 9.64. The van der Waals surface area contributed by atoms with Crippen molar-refractivity contribution >= 4 is 5.97 Å². The molecule has 0 aromatic rings. The largest absolute Gasteiger partial charge is 0.460 e. The summed E-state index contributed by atoms with van der Waals surface area (Å²) in [6, 6.07) is 0.247. The van der Waals surface area contributed by atoms with Gasteiger partial charge in [-0.05, 0) is 37.0 Å². The molecule has 1 saturated carbocycles. The lowest BCUT2D eigenvalue weighted by molar-refractivity contribution is -0.141. The first kappa shape index (κ1) is 18.1. The summed E-state index contributed by atoms with van der Waals surface area (Å²) < 4.78 is 4.95. The Hall–Kier alpha value is -0.910. The van der Waals surface area contributed by atoms with Crippen LogP contribution in [0.4, 0.5) is 0 Å². The van der Waals surface area contributed by atoms with Crippen LogP contribution in [0.3, 0.4) is 0 Å². The van der Waals surface area contributed by atoms with E-state index < -0.39 is 0 Å². The molecule has 0 amide bonds. The standard InChI is InChI=1S/C16H30N2O3/c1-12(2)14(19)20-6-7-21-18-11-16(5)9-13(17)8-15(3,4)10-16/h13,18H,1,6-11,17H2,2-5H3. The molecule has 3 N–H and O–H groups in total. The molecule has 0 aromatic carbocycles. The number of hydrogen-bond acceptors (Lipinski definition) is 5. The van der Waals surface area contributed by atoms with E-state index in [2.05, 4.69) is 32.8 Å². The summed E-state index contributed by atoms with van der Waals surface area (Å²) in [5.41, 5.74) is 9.95. The van der Waals surface area contributed by atoms with Crippen LogP contribution in [0.1, 0.15) is 47.0 Å². The van der Waals surface area contributed by atoms with E-state index in [1.807, 2.05) is 0 Å². The van der Waals surface area contributed by atoms with Crippen LogP contribution >= 0.6 is 0 Å². The van der Waals surface area contributed by atoms with Crippen LogP contribution in [0.15, 0.2) is 12.2 Å². The Kier molecular flexibility index (Phi) is 6.38. The average Bonchev–Trinajstić information content (AvgIpc) is 2.29. The quantitative estimate of drug-likeness (QED) is 0.326. The van der Waals surface area contributed by atoms with E-state index in [1.165, 1.54) is 0 Å². The lowest BCUT2D eigenvalue weighted by Crippen LogP contribution is -2.46. The highest BCUT2D eigenvalue weighted by molar-refractivity contribution is 5.86. The summed E-state index contributed by atoms with van der Waals surface area (Å²) in [7, 11) is 0. The van der Waals surface area contributed by atoms with Gasteiger partial charge in [-0.3, -0.25) is 4.84 Å². The van der Waals surface area contributed by atoms with Crippen molar-refractivity contribution in [3.8, 4) is 0 Å². The van der Waals surface area contributed by atoms with Crippen molar-refractivity contribution in [2.24, 2.45) is 16.6 Å². The van der Waals surface area contributed by atoms with Gasteiger partial charge in [0.15, 0.2) is 0 Å². The van der Waals surface area contributed by atoms with Gasteiger partial charge in [0.25, 0.3) is 0 Å². The third-order valence-corrected chi connectivity index (χ3v) is 3.84. The number of hydroxylamine groups is 1. The van der Waals surface area contributed by atoms with Gasteiger partial charge in [-0.15, -0.1) is 0 Å². The second-order valence-corrected chi connectivity index (χ2v) is 7.41. The van der Waals surface area contributed by atoms with Gasteiger partial charge in [0.05, 0.1) is 0 Å². The molecular formula is C16H30N2O3. The minimum atomic E-state index is -0.384. The highest BCUT2D eigenvalue weighted by atomic mass is 16.7. The molecule has 0 aromatic heterocycles. The summed E-state index contributed by atoms with van der Waals surface area (Å²) >= 11 is 0. The van der Waals surface area contributed by atoms with Gasteiger partial charge in [0, 0.05) is 18.2 Å². The Morgan fingerprint density at radius 1 is 1.33 bits per heavy atom. The predicted molar refractivity (Wildman–Crippen MR) is 83.4 cm³/mol. The van der Waals surface area contributed by atoms with Gasteiger partial charge in [-0.1, -0.05) is 27.4 Å². The Morgan fingerprint density at radius 3 is 2.57 bits per heavy atom. The number of carbonyl (C=O) groups is 1. The van der Waals surface area contributed by atoms with Crippen molar-refractivity contribution in [2.75, 3.05) is 19.8 Å². The van der Waals surface area contributed by atoms with Gasteiger partial charge in [-0.25, -0.2) is 10.3 Å². The molecule has 0 radical (unpaired) electrons. The SMILES string of the molecule is C=C(C)C(=O)OCCONCC1(C)CC(N)CC(C)(C)C1. The first-order valence-corrected chi connectivity index (χ1v) is 7.56. The molecule has 1 rings (SSSR count). The Bertz CT molecular complexity index is 382. The Balaban J connectivity index is 2.22. The number of nitrogens with two attached hydrogens (primary N) is 1. The molecular weight excluding hydrogens is 268 g/mol. The van der Waals surface area contributed by atoms with Crippen molar-refractivity contribution in [1.82, 2.24) is 5.48 Å². The van der Waals surface area contributed by atoms with Crippen LogP contribution in [0, 0.1) is 10.8 Å². The third-order valence-electron chi connectivity index (χ3n) is 3.84. The van der Waals surface area contributed by atoms with Crippen LogP contribution in [0.5, 0.6) is 0 Å². The molecule has 0 saturated heterocycles. The zero-order chi connectivity index (χ0) is 16.1. The molecule has 0 spiro atoms. The summed E-state index contributed by atoms with van der Waals surface area (Å²) in [6.45, 7) is 13.2. The molecule has 1 fully saturated rings. The van der Waals surface area contributed by atoms with E-state index in [9.17, 15) is 4.79 Å². The van der Waals surface area contributed by atoms with E-state index in [0.717, 1.165) is 25.8 Å². The monoisotopic (exact) mass is 298 g/mol. The molecule has 0 bridgehead atoms. The summed E-state index contributed by atoms with van der Waals surface area (Å²) in [5.74, 6) is -0.384. The lowest BCUT2D eigenvalue weighted by atomic mass is 9.63.